The third-order valence-corrected chi connectivity index (χ3v) is 5.87. The summed E-state index contributed by atoms with van der Waals surface area (Å²) >= 11 is 0. The highest BCUT2D eigenvalue weighted by Gasteiger charge is 2.14. The molecule has 1 aromatic heterocycles. The standard InChI is InChI=1S/C18H26N6O2S/c1-3-14-27(25,26)22-18-9-8-17(20-21-18)19-15-4-6-16(7-5-15)24-12-10-23(2)11-13-24/h4-9H,3,10-14H2,1-2H3,(H,19,20)(H,21,22). The molecule has 3 rings (SSSR count). The van der Waals surface area contributed by atoms with E-state index in [1.807, 2.05) is 19.1 Å². The molecule has 8 nitrogen and oxygen atoms in total. The molecule has 146 valence electrons. The number of benzene rings is 1. The van der Waals surface area contributed by atoms with Crippen molar-refractivity contribution >= 4 is 33.0 Å². The summed E-state index contributed by atoms with van der Waals surface area (Å²) in [5.74, 6) is 0.842. The number of likely N-dealkylation sites (N-methyl/N-ethyl adjacent to an activating group) is 1. The van der Waals surface area contributed by atoms with Crippen LogP contribution in [-0.4, -0.2) is 62.5 Å². The zero-order valence-electron chi connectivity index (χ0n) is 15.7. The van der Waals surface area contributed by atoms with Crippen LogP contribution < -0.4 is 14.9 Å². The molecule has 1 aliphatic heterocycles. The Morgan fingerprint density at radius 3 is 2.19 bits per heavy atom. The maximum absolute atomic E-state index is 11.8. The lowest BCUT2D eigenvalue weighted by molar-refractivity contribution is 0.313. The Morgan fingerprint density at radius 1 is 0.963 bits per heavy atom. The molecule has 27 heavy (non-hydrogen) atoms. The SMILES string of the molecule is CCCS(=O)(=O)Nc1ccc(Nc2ccc(N3CCN(C)CC3)cc2)nn1. The molecule has 2 heterocycles. The Balaban J connectivity index is 1.59. The average Bonchev–Trinajstić information content (AvgIpc) is 2.64. The van der Waals surface area contributed by atoms with Crippen LogP contribution >= 0.6 is 0 Å². The predicted octanol–water partition coefficient (Wildman–Crippen LogP) is 2.12. The number of nitrogens with one attached hydrogen (secondary N) is 2. The van der Waals surface area contributed by atoms with Crippen molar-refractivity contribution in [2.24, 2.45) is 0 Å². The van der Waals surface area contributed by atoms with Crippen LogP contribution in [0, 0.1) is 0 Å². The Hall–Kier alpha value is -2.39. The van der Waals surface area contributed by atoms with Crippen LogP contribution in [0.15, 0.2) is 36.4 Å². The summed E-state index contributed by atoms with van der Waals surface area (Å²) in [5, 5.41) is 11.1. The van der Waals surface area contributed by atoms with Crippen LogP contribution in [0.3, 0.4) is 0 Å². The minimum atomic E-state index is -3.36. The Morgan fingerprint density at radius 2 is 1.59 bits per heavy atom. The zero-order valence-corrected chi connectivity index (χ0v) is 16.5. The summed E-state index contributed by atoms with van der Waals surface area (Å²) in [5.41, 5.74) is 2.11. The van der Waals surface area contributed by atoms with Crippen molar-refractivity contribution in [1.29, 1.82) is 0 Å². The minimum Gasteiger partial charge on any atom is -0.369 e. The van der Waals surface area contributed by atoms with Crippen molar-refractivity contribution in [3.05, 3.63) is 36.4 Å². The summed E-state index contributed by atoms with van der Waals surface area (Å²) < 4.78 is 25.9. The topological polar surface area (TPSA) is 90.5 Å². The maximum atomic E-state index is 11.8. The second-order valence-corrected chi connectivity index (χ2v) is 8.53. The lowest BCUT2D eigenvalue weighted by Crippen LogP contribution is -2.44. The highest BCUT2D eigenvalue weighted by Crippen LogP contribution is 2.21. The van der Waals surface area contributed by atoms with Crippen LogP contribution in [-0.2, 0) is 10.0 Å². The van der Waals surface area contributed by atoms with Gasteiger partial charge in [-0.15, -0.1) is 10.2 Å². The second kappa shape index (κ2) is 8.53. The van der Waals surface area contributed by atoms with E-state index in [0.717, 1.165) is 31.9 Å². The number of nitrogens with zero attached hydrogens (tertiary/aromatic N) is 4. The molecule has 1 saturated heterocycles. The van der Waals surface area contributed by atoms with Gasteiger partial charge in [-0.05, 0) is 49.9 Å². The summed E-state index contributed by atoms with van der Waals surface area (Å²) in [6.45, 7) is 6.02. The van der Waals surface area contributed by atoms with E-state index in [4.69, 9.17) is 0 Å². The van der Waals surface area contributed by atoms with Gasteiger partial charge in [0, 0.05) is 37.6 Å². The van der Waals surface area contributed by atoms with Crippen molar-refractivity contribution in [3.8, 4) is 0 Å². The van der Waals surface area contributed by atoms with E-state index in [0.29, 0.717) is 12.2 Å². The van der Waals surface area contributed by atoms with E-state index < -0.39 is 10.0 Å². The molecule has 0 aliphatic carbocycles. The molecular weight excluding hydrogens is 364 g/mol. The van der Waals surface area contributed by atoms with E-state index in [-0.39, 0.29) is 11.6 Å². The van der Waals surface area contributed by atoms with Gasteiger partial charge >= 0.3 is 0 Å². The fourth-order valence-electron chi connectivity index (χ4n) is 2.90. The third-order valence-electron chi connectivity index (χ3n) is 4.41. The van der Waals surface area contributed by atoms with Gasteiger partial charge in [0.2, 0.25) is 10.0 Å². The van der Waals surface area contributed by atoms with Crippen molar-refractivity contribution in [2.45, 2.75) is 13.3 Å². The second-order valence-electron chi connectivity index (χ2n) is 6.69. The van der Waals surface area contributed by atoms with Gasteiger partial charge in [-0.3, -0.25) is 4.72 Å². The lowest BCUT2D eigenvalue weighted by Gasteiger charge is -2.34. The average molecular weight is 391 g/mol. The van der Waals surface area contributed by atoms with E-state index in [1.165, 1.54) is 5.69 Å². The maximum Gasteiger partial charge on any atom is 0.233 e. The number of sulfonamides is 1. The number of hydrogen-bond acceptors (Lipinski definition) is 7. The monoisotopic (exact) mass is 390 g/mol. The summed E-state index contributed by atoms with van der Waals surface area (Å²) in [6.07, 6.45) is 0.548. The molecule has 1 aliphatic rings. The molecule has 0 saturated carbocycles. The fourth-order valence-corrected chi connectivity index (χ4v) is 3.97. The number of rotatable bonds is 7. The van der Waals surface area contributed by atoms with Crippen molar-refractivity contribution < 1.29 is 8.42 Å². The molecule has 2 N–H and O–H groups in total. The van der Waals surface area contributed by atoms with Crippen LogP contribution in [0.4, 0.5) is 23.0 Å². The summed E-state index contributed by atoms with van der Waals surface area (Å²) in [4.78, 5) is 4.71. The van der Waals surface area contributed by atoms with Gasteiger partial charge in [-0.25, -0.2) is 8.42 Å². The van der Waals surface area contributed by atoms with Gasteiger partial charge in [-0.1, -0.05) is 6.92 Å². The summed E-state index contributed by atoms with van der Waals surface area (Å²) in [7, 11) is -1.21. The predicted molar refractivity (Wildman–Crippen MR) is 109 cm³/mol. The number of hydrogen-bond donors (Lipinski definition) is 2. The van der Waals surface area contributed by atoms with E-state index in [2.05, 4.69) is 49.2 Å². The smallest absolute Gasteiger partial charge is 0.233 e. The van der Waals surface area contributed by atoms with Crippen LogP contribution in [0.2, 0.25) is 0 Å². The first-order valence-electron chi connectivity index (χ1n) is 9.10. The van der Waals surface area contributed by atoms with Crippen molar-refractivity contribution in [1.82, 2.24) is 15.1 Å². The van der Waals surface area contributed by atoms with Crippen molar-refractivity contribution in [2.75, 3.05) is 53.9 Å². The number of anilines is 4. The quantitative estimate of drug-likeness (QED) is 0.748. The van der Waals surface area contributed by atoms with Gasteiger partial charge < -0.3 is 15.1 Å². The summed E-state index contributed by atoms with van der Waals surface area (Å²) in [6, 6.07) is 11.5. The molecule has 0 radical (unpaired) electrons. The van der Waals surface area contributed by atoms with E-state index in [1.54, 1.807) is 12.1 Å². The van der Waals surface area contributed by atoms with E-state index >= 15 is 0 Å². The van der Waals surface area contributed by atoms with Gasteiger partial charge in [0.15, 0.2) is 11.6 Å². The van der Waals surface area contributed by atoms with Gasteiger partial charge in [0.25, 0.3) is 0 Å². The number of aromatic nitrogens is 2. The Bertz CT molecular complexity index is 831. The minimum absolute atomic E-state index is 0.0638. The Labute approximate surface area is 160 Å². The zero-order chi connectivity index (χ0) is 19.3. The molecule has 0 spiro atoms. The van der Waals surface area contributed by atoms with Crippen LogP contribution in [0.25, 0.3) is 0 Å². The third kappa shape index (κ3) is 5.54. The first-order valence-corrected chi connectivity index (χ1v) is 10.8. The molecule has 0 atom stereocenters. The molecular formula is C18H26N6O2S. The largest absolute Gasteiger partial charge is 0.369 e. The fraction of sp³-hybridized carbons (Fsp3) is 0.444. The molecule has 1 fully saturated rings. The van der Waals surface area contributed by atoms with Crippen LogP contribution in [0.1, 0.15) is 13.3 Å². The molecule has 9 heteroatoms. The van der Waals surface area contributed by atoms with Gasteiger partial charge in [0.05, 0.1) is 5.75 Å². The first-order chi connectivity index (χ1) is 12.9. The molecule has 0 unspecified atom stereocenters. The van der Waals surface area contributed by atoms with Gasteiger partial charge in [0.1, 0.15) is 0 Å². The van der Waals surface area contributed by atoms with E-state index in [9.17, 15) is 8.42 Å². The highest BCUT2D eigenvalue weighted by atomic mass is 32.2. The normalized spacial score (nSPS) is 15.6. The highest BCUT2D eigenvalue weighted by molar-refractivity contribution is 7.92. The Kier molecular flexibility index (Phi) is 6.12. The molecule has 2 aromatic rings. The lowest BCUT2D eigenvalue weighted by atomic mass is 10.2. The molecule has 1 aromatic carbocycles. The van der Waals surface area contributed by atoms with Gasteiger partial charge in [-0.2, -0.15) is 0 Å². The number of piperazine rings is 1. The molecule has 0 bridgehead atoms. The molecule has 0 amide bonds. The van der Waals surface area contributed by atoms with Crippen molar-refractivity contribution in [3.63, 3.8) is 0 Å². The first kappa shape index (κ1) is 19.4. The van der Waals surface area contributed by atoms with Crippen LogP contribution in [0.5, 0.6) is 0 Å².